The van der Waals surface area contributed by atoms with Crippen molar-refractivity contribution in [1.29, 1.82) is 0 Å². The first-order valence-corrected chi connectivity index (χ1v) is 7.45. The molecule has 1 N–H and O–H groups in total. The van der Waals surface area contributed by atoms with Gasteiger partial charge in [-0.1, -0.05) is 0 Å². The summed E-state index contributed by atoms with van der Waals surface area (Å²) in [4.78, 5) is 33.3. The Morgan fingerprint density at radius 2 is 2.08 bits per heavy atom. The molecule has 0 bridgehead atoms. The summed E-state index contributed by atoms with van der Waals surface area (Å²) in [5, 5.41) is 6.84. The fraction of sp³-hybridized carbons (Fsp3) is 0.0625. The van der Waals surface area contributed by atoms with Gasteiger partial charge < -0.3 is 5.32 Å². The van der Waals surface area contributed by atoms with Gasteiger partial charge in [-0.3, -0.25) is 19.3 Å². The number of fused-ring (bicyclic) bond motifs is 1. The second kappa shape index (κ2) is 5.71. The lowest BCUT2D eigenvalue weighted by molar-refractivity contribution is 0.101. The van der Waals surface area contributed by atoms with Gasteiger partial charge in [0.25, 0.3) is 11.5 Å². The first kappa shape index (κ1) is 14.8. The largest absolute Gasteiger partial charge is 0.304 e. The molecular weight excluding hydrogens is 322 g/mol. The zero-order valence-electron chi connectivity index (χ0n) is 13.2. The van der Waals surface area contributed by atoms with Crippen LogP contribution in [0.3, 0.4) is 0 Å². The summed E-state index contributed by atoms with van der Waals surface area (Å²) in [7, 11) is 1.76. The van der Waals surface area contributed by atoms with Crippen LogP contribution in [0.15, 0.2) is 59.9 Å². The maximum Gasteiger partial charge on any atom is 0.275 e. The Balaban J connectivity index is 1.90. The van der Waals surface area contributed by atoms with Crippen LogP contribution in [0.5, 0.6) is 0 Å². The zero-order chi connectivity index (χ0) is 17.4. The van der Waals surface area contributed by atoms with Crippen LogP contribution in [-0.4, -0.2) is 34.9 Å². The van der Waals surface area contributed by atoms with Crippen LogP contribution in [0.25, 0.3) is 11.3 Å². The van der Waals surface area contributed by atoms with E-state index in [4.69, 9.17) is 0 Å². The molecule has 0 aliphatic heterocycles. The number of aryl methyl sites for hydroxylation is 1. The molecule has 25 heavy (non-hydrogen) atoms. The summed E-state index contributed by atoms with van der Waals surface area (Å²) in [5.74, 6) is 0.00301. The number of nitrogens with one attached hydrogen (secondary N) is 1. The third-order valence-electron chi connectivity index (χ3n) is 3.62. The van der Waals surface area contributed by atoms with Crippen molar-refractivity contribution in [3.8, 4) is 5.69 Å². The van der Waals surface area contributed by atoms with E-state index in [0.717, 1.165) is 0 Å². The lowest BCUT2D eigenvalue weighted by Crippen LogP contribution is -2.24. The van der Waals surface area contributed by atoms with E-state index in [1.165, 1.54) is 21.5 Å². The molecule has 9 heteroatoms. The second-order valence-corrected chi connectivity index (χ2v) is 5.33. The van der Waals surface area contributed by atoms with Crippen molar-refractivity contribution in [1.82, 2.24) is 28.9 Å². The summed E-state index contributed by atoms with van der Waals surface area (Å²) in [5.41, 5.74) is 0.876. The van der Waals surface area contributed by atoms with Gasteiger partial charge in [-0.25, -0.2) is 9.67 Å². The third-order valence-corrected chi connectivity index (χ3v) is 3.62. The van der Waals surface area contributed by atoms with E-state index in [-0.39, 0.29) is 11.3 Å². The van der Waals surface area contributed by atoms with E-state index in [2.05, 4.69) is 20.4 Å². The quantitative estimate of drug-likeness (QED) is 0.599. The lowest BCUT2D eigenvalue weighted by atomic mass is 10.3. The van der Waals surface area contributed by atoms with E-state index in [1.54, 1.807) is 54.6 Å². The summed E-state index contributed by atoms with van der Waals surface area (Å²) in [6.07, 6.45) is 6.31. The fourth-order valence-corrected chi connectivity index (χ4v) is 2.56. The minimum absolute atomic E-state index is 0.245. The molecule has 4 aromatic rings. The highest BCUT2D eigenvalue weighted by atomic mass is 16.2. The molecule has 0 fully saturated rings. The van der Waals surface area contributed by atoms with Crippen LogP contribution in [0, 0.1) is 0 Å². The number of nitrogens with zero attached hydrogens (tertiary/aromatic N) is 6. The predicted molar refractivity (Wildman–Crippen MR) is 89.7 cm³/mol. The molecule has 0 aliphatic carbocycles. The van der Waals surface area contributed by atoms with E-state index in [9.17, 15) is 9.59 Å². The van der Waals surface area contributed by atoms with Crippen LogP contribution < -0.4 is 10.9 Å². The number of anilines is 1. The van der Waals surface area contributed by atoms with Crippen molar-refractivity contribution in [2.75, 3.05) is 5.32 Å². The molecule has 0 aromatic carbocycles. The lowest BCUT2D eigenvalue weighted by Gasteiger charge is -2.09. The summed E-state index contributed by atoms with van der Waals surface area (Å²) >= 11 is 0. The molecule has 4 aromatic heterocycles. The maximum atomic E-state index is 12.8. The molecule has 4 rings (SSSR count). The minimum atomic E-state index is -0.410. The Labute approximate surface area is 141 Å². The van der Waals surface area contributed by atoms with Crippen molar-refractivity contribution in [3.05, 3.63) is 71.2 Å². The van der Waals surface area contributed by atoms with Gasteiger partial charge in [-0.05, 0) is 12.1 Å². The van der Waals surface area contributed by atoms with E-state index < -0.39 is 5.91 Å². The number of rotatable bonds is 3. The number of pyridine rings is 1. The van der Waals surface area contributed by atoms with E-state index in [1.807, 2.05) is 0 Å². The number of aromatic nitrogens is 6. The van der Waals surface area contributed by atoms with Crippen LogP contribution >= 0.6 is 0 Å². The molecule has 4 heterocycles. The predicted octanol–water partition coefficient (Wildman–Crippen LogP) is 0.866. The van der Waals surface area contributed by atoms with Crippen molar-refractivity contribution < 1.29 is 4.79 Å². The molecule has 124 valence electrons. The van der Waals surface area contributed by atoms with Crippen LogP contribution in [0.2, 0.25) is 0 Å². The molecule has 1 amide bonds. The molecule has 0 radical (unpaired) electrons. The Morgan fingerprint density at radius 1 is 1.20 bits per heavy atom. The highest BCUT2D eigenvalue weighted by Crippen LogP contribution is 2.15. The van der Waals surface area contributed by atoms with Gasteiger partial charge in [0.15, 0.2) is 11.5 Å². The van der Waals surface area contributed by atoms with Gasteiger partial charge in [0.1, 0.15) is 5.69 Å². The molecule has 0 spiro atoms. The van der Waals surface area contributed by atoms with Gasteiger partial charge in [0, 0.05) is 43.8 Å². The van der Waals surface area contributed by atoms with Crippen molar-refractivity contribution in [2.45, 2.75) is 0 Å². The van der Waals surface area contributed by atoms with Gasteiger partial charge in [0.05, 0.1) is 11.9 Å². The fourth-order valence-electron chi connectivity index (χ4n) is 2.56. The number of amides is 1. The second-order valence-electron chi connectivity index (χ2n) is 5.33. The number of hydrogen-bond acceptors (Lipinski definition) is 5. The van der Waals surface area contributed by atoms with Crippen molar-refractivity contribution in [2.24, 2.45) is 7.05 Å². The summed E-state index contributed by atoms with van der Waals surface area (Å²) < 4.78 is 4.39. The first-order valence-electron chi connectivity index (χ1n) is 7.45. The number of hydrogen-bond donors (Lipinski definition) is 1. The average molecular weight is 335 g/mol. The highest BCUT2D eigenvalue weighted by molar-refractivity contribution is 6.03. The SMILES string of the molecule is Cn1ccc(NC(=O)c2cc3nccc(=O)n3n2-c2cccnc2)n1. The Hall–Kier alpha value is -3.75. The Kier molecular flexibility index (Phi) is 3.38. The minimum Gasteiger partial charge on any atom is -0.304 e. The average Bonchev–Trinajstić information content (AvgIpc) is 3.20. The monoisotopic (exact) mass is 335 g/mol. The van der Waals surface area contributed by atoms with E-state index >= 15 is 0 Å². The molecule has 0 atom stereocenters. The Morgan fingerprint density at radius 3 is 2.80 bits per heavy atom. The van der Waals surface area contributed by atoms with E-state index in [0.29, 0.717) is 17.2 Å². The smallest absolute Gasteiger partial charge is 0.275 e. The molecular formula is C16H13N7O2. The Bertz CT molecular complexity index is 1120. The highest BCUT2D eigenvalue weighted by Gasteiger charge is 2.19. The topological polar surface area (TPSA) is 99.1 Å². The first-order chi connectivity index (χ1) is 12.1. The van der Waals surface area contributed by atoms with Crippen LogP contribution in [0.1, 0.15) is 10.5 Å². The molecule has 9 nitrogen and oxygen atoms in total. The van der Waals surface area contributed by atoms with Crippen LogP contribution in [-0.2, 0) is 7.05 Å². The molecule has 0 unspecified atom stereocenters. The number of carbonyl (C=O) groups is 1. The van der Waals surface area contributed by atoms with Gasteiger partial charge in [-0.15, -0.1) is 0 Å². The maximum absolute atomic E-state index is 12.8. The summed E-state index contributed by atoms with van der Waals surface area (Å²) in [6.45, 7) is 0. The molecule has 0 saturated carbocycles. The summed E-state index contributed by atoms with van der Waals surface area (Å²) in [6, 6.07) is 8.04. The van der Waals surface area contributed by atoms with Gasteiger partial charge >= 0.3 is 0 Å². The van der Waals surface area contributed by atoms with Crippen molar-refractivity contribution >= 4 is 17.4 Å². The van der Waals surface area contributed by atoms with Gasteiger partial charge in [0.2, 0.25) is 0 Å². The third kappa shape index (κ3) is 2.57. The molecule has 0 aliphatic rings. The zero-order valence-corrected chi connectivity index (χ0v) is 13.2. The standard InChI is InChI=1S/C16H13N7O2/c1-21-8-5-13(20-21)19-16(25)12-9-14-18-7-4-15(24)23(14)22(12)11-3-2-6-17-10-11/h2-10H,1H3,(H,19,20,25). The number of carbonyl (C=O) groups excluding carboxylic acids is 1. The van der Waals surface area contributed by atoms with Gasteiger partial charge in [-0.2, -0.15) is 9.61 Å². The van der Waals surface area contributed by atoms with Crippen LogP contribution in [0.4, 0.5) is 5.82 Å². The molecule has 0 saturated heterocycles. The normalized spacial score (nSPS) is 10.9. The van der Waals surface area contributed by atoms with Crippen molar-refractivity contribution in [3.63, 3.8) is 0 Å².